The van der Waals surface area contributed by atoms with Crippen molar-refractivity contribution >= 4 is 22.7 Å². The SMILES string of the molecule is CC1CCC(Nc2c(C(=O)O)cnc3c2cnn3C)C1C. The highest BCUT2D eigenvalue weighted by Gasteiger charge is 2.31. The number of pyridine rings is 1. The van der Waals surface area contributed by atoms with Gasteiger partial charge in [0.1, 0.15) is 5.56 Å². The fourth-order valence-electron chi connectivity index (χ4n) is 3.17. The highest BCUT2D eigenvalue weighted by molar-refractivity contribution is 6.03. The van der Waals surface area contributed by atoms with Crippen LogP contribution in [0.1, 0.15) is 37.0 Å². The van der Waals surface area contributed by atoms with Gasteiger partial charge in [-0.3, -0.25) is 4.68 Å². The number of aryl methyl sites for hydroxylation is 1. The Balaban J connectivity index is 2.06. The van der Waals surface area contributed by atoms with Crippen LogP contribution in [0.3, 0.4) is 0 Å². The topological polar surface area (TPSA) is 80.0 Å². The Hall–Kier alpha value is -2.11. The molecular formula is C15H20N4O2. The molecule has 112 valence electrons. The fourth-order valence-corrected chi connectivity index (χ4v) is 3.17. The standard InChI is InChI=1S/C15H20N4O2/c1-8-4-5-12(9(8)2)18-13-10-7-17-19(3)14(10)16-6-11(13)15(20)21/h6-9,12H,4-5H2,1-3H3,(H,16,18)(H,20,21). The van der Waals surface area contributed by atoms with Crippen molar-refractivity contribution < 1.29 is 9.90 Å². The van der Waals surface area contributed by atoms with Gasteiger partial charge in [-0.05, 0) is 24.7 Å². The Kier molecular flexibility index (Phi) is 3.31. The molecule has 0 radical (unpaired) electrons. The second kappa shape index (κ2) is 5.02. The summed E-state index contributed by atoms with van der Waals surface area (Å²) in [7, 11) is 1.81. The van der Waals surface area contributed by atoms with Crippen LogP contribution in [0.25, 0.3) is 11.0 Å². The largest absolute Gasteiger partial charge is 0.478 e. The molecule has 0 saturated heterocycles. The minimum absolute atomic E-state index is 0.210. The van der Waals surface area contributed by atoms with Gasteiger partial charge in [-0.25, -0.2) is 9.78 Å². The van der Waals surface area contributed by atoms with Crippen molar-refractivity contribution in [2.45, 2.75) is 32.7 Å². The summed E-state index contributed by atoms with van der Waals surface area (Å²) in [6.07, 6.45) is 5.33. The zero-order chi connectivity index (χ0) is 15.1. The molecule has 6 nitrogen and oxygen atoms in total. The molecule has 6 heteroatoms. The van der Waals surface area contributed by atoms with Gasteiger partial charge in [0.05, 0.1) is 17.3 Å². The first-order valence-corrected chi connectivity index (χ1v) is 7.29. The van der Waals surface area contributed by atoms with Gasteiger partial charge < -0.3 is 10.4 Å². The number of rotatable bonds is 3. The van der Waals surface area contributed by atoms with E-state index < -0.39 is 5.97 Å². The number of anilines is 1. The first kappa shape index (κ1) is 13.9. The van der Waals surface area contributed by atoms with E-state index in [-0.39, 0.29) is 5.56 Å². The van der Waals surface area contributed by atoms with Gasteiger partial charge in [-0.2, -0.15) is 5.10 Å². The molecular weight excluding hydrogens is 268 g/mol. The lowest BCUT2D eigenvalue weighted by molar-refractivity contribution is 0.0697. The molecule has 2 N–H and O–H groups in total. The number of hydrogen-bond donors (Lipinski definition) is 2. The summed E-state index contributed by atoms with van der Waals surface area (Å²) < 4.78 is 1.66. The van der Waals surface area contributed by atoms with Crippen LogP contribution >= 0.6 is 0 Å². The molecule has 1 aliphatic carbocycles. The summed E-state index contributed by atoms with van der Waals surface area (Å²) in [6.45, 7) is 4.47. The van der Waals surface area contributed by atoms with Crippen LogP contribution in [0.5, 0.6) is 0 Å². The number of hydrogen-bond acceptors (Lipinski definition) is 4. The monoisotopic (exact) mass is 288 g/mol. The third-order valence-corrected chi connectivity index (χ3v) is 4.79. The van der Waals surface area contributed by atoms with Crippen molar-refractivity contribution in [1.29, 1.82) is 0 Å². The van der Waals surface area contributed by atoms with Crippen molar-refractivity contribution in [2.24, 2.45) is 18.9 Å². The van der Waals surface area contributed by atoms with Crippen LogP contribution in [0, 0.1) is 11.8 Å². The van der Waals surface area contributed by atoms with Crippen molar-refractivity contribution in [3.8, 4) is 0 Å². The molecule has 1 saturated carbocycles. The second-order valence-electron chi connectivity index (χ2n) is 6.02. The summed E-state index contributed by atoms with van der Waals surface area (Å²) in [6, 6.07) is 0.295. The third-order valence-electron chi connectivity index (χ3n) is 4.79. The highest BCUT2D eigenvalue weighted by atomic mass is 16.4. The molecule has 0 aliphatic heterocycles. The van der Waals surface area contributed by atoms with Crippen LogP contribution in [0.4, 0.5) is 5.69 Å². The maximum Gasteiger partial charge on any atom is 0.339 e. The van der Waals surface area contributed by atoms with Crippen molar-refractivity contribution in [3.05, 3.63) is 18.0 Å². The first-order valence-electron chi connectivity index (χ1n) is 7.29. The summed E-state index contributed by atoms with van der Waals surface area (Å²) in [5, 5.41) is 17.8. The van der Waals surface area contributed by atoms with Gasteiger partial charge in [-0.15, -0.1) is 0 Å². The van der Waals surface area contributed by atoms with E-state index in [2.05, 4.69) is 29.2 Å². The van der Waals surface area contributed by atoms with E-state index in [9.17, 15) is 9.90 Å². The highest BCUT2D eigenvalue weighted by Crippen LogP contribution is 2.35. The Morgan fingerprint density at radius 2 is 2.14 bits per heavy atom. The normalized spacial score (nSPS) is 25.4. The molecule has 0 spiro atoms. The minimum Gasteiger partial charge on any atom is -0.478 e. The molecule has 2 aromatic heterocycles. The zero-order valence-electron chi connectivity index (χ0n) is 12.5. The smallest absolute Gasteiger partial charge is 0.339 e. The van der Waals surface area contributed by atoms with E-state index in [1.54, 1.807) is 17.9 Å². The molecule has 2 heterocycles. The van der Waals surface area contributed by atoms with E-state index in [1.807, 2.05) is 0 Å². The number of aromatic nitrogens is 3. The zero-order valence-corrected chi connectivity index (χ0v) is 12.5. The number of nitrogens with one attached hydrogen (secondary N) is 1. The molecule has 2 aromatic rings. The summed E-state index contributed by atoms with van der Waals surface area (Å²) >= 11 is 0. The Labute approximate surface area is 123 Å². The van der Waals surface area contributed by atoms with Crippen LogP contribution in [-0.4, -0.2) is 31.9 Å². The molecule has 3 atom stereocenters. The average Bonchev–Trinajstić information content (AvgIpc) is 2.97. The number of nitrogens with zero attached hydrogens (tertiary/aromatic N) is 3. The van der Waals surface area contributed by atoms with Crippen LogP contribution < -0.4 is 5.32 Å². The fraction of sp³-hybridized carbons (Fsp3) is 0.533. The molecule has 21 heavy (non-hydrogen) atoms. The van der Waals surface area contributed by atoms with Gasteiger partial charge in [0.2, 0.25) is 0 Å². The van der Waals surface area contributed by atoms with Crippen molar-refractivity contribution in [3.63, 3.8) is 0 Å². The van der Waals surface area contributed by atoms with Gasteiger partial charge in [0, 0.05) is 19.3 Å². The Morgan fingerprint density at radius 1 is 1.38 bits per heavy atom. The molecule has 0 aromatic carbocycles. The quantitative estimate of drug-likeness (QED) is 0.907. The van der Waals surface area contributed by atoms with E-state index >= 15 is 0 Å². The predicted octanol–water partition coefficient (Wildman–Crippen LogP) is 2.51. The van der Waals surface area contributed by atoms with E-state index in [0.717, 1.165) is 11.8 Å². The minimum atomic E-state index is -0.963. The molecule has 0 amide bonds. The van der Waals surface area contributed by atoms with Crippen LogP contribution in [-0.2, 0) is 7.05 Å². The average molecular weight is 288 g/mol. The summed E-state index contributed by atoms with van der Waals surface area (Å²) in [4.78, 5) is 15.7. The van der Waals surface area contributed by atoms with Gasteiger partial charge in [-0.1, -0.05) is 13.8 Å². The lowest BCUT2D eigenvalue weighted by Gasteiger charge is -2.22. The lowest BCUT2D eigenvalue weighted by atomic mass is 9.97. The van der Waals surface area contributed by atoms with E-state index in [1.165, 1.54) is 12.6 Å². The number of carboxylic acid groups (broad SMARTS) is 1. The summed E-state index contributed by atoms with van der Waals surface area (Å²) in [5.74, 6) is 0.211. The molecule has 0 bridgehead atoms. The first-order chi connectivity index (χ1) is 9.99. The van der Waals surface area contributed by atoms with E-state index in [4.69, 9.17) is 0 Å². The predicted molar refractivity (Wildman–Crippen MR) is 80.4 cm³/mol. The molecule has 3 rings (SSSR count). The number of fused-ring (bicyclic) bond motifs is 1. The Morgan fingerprint density at radius 3 is 2.76 bits per heavy atom. The molecule has 3 unspecified atom stereocenters. The number of carboxylic acids is 1. The van der Waals surface area contributed by atoms with Gasteiger partial charge in [0.25, 0.3) is 0 Å². The summed E-state index contributed by atoms with van der Waals surface area (Å²) in [5.41, 5.74) is 1.55. The number of aromatic carboxylic acids is 1. The molecule has 1 fully saturated rings. The molecule has 1 aliphatic rings. The number of carbonyl (C=O) groups is 1. The Bertz CT molecular complexity index is 694. The lowest BCUT2D eigenvalue weighted by Crippen LogP contribution is -2.25. The third kappa shape index (κ3) is 2.24. The maximum absolute atomic E-state index is 11.5. The van der Waals surface area contributed by atoms with Gasteiger partial charge >= 0.3 is 5.97 Å². The van der Waals surface area contributed by atoms with E-state index in [0.29, 0.717) is 29.2 Å². The second-order valence-corrected chi connectivity index (χ2v) is 6.02. The van der Waals surface area contributed by atoms with Crippen LogP contribution in [0.2, 0.25) is 0 Å². The van der Waals surface area contributed by atoms with Gasteiger partial charge in [0.15, 0.2) is 5.65 Å². The van der Waals surface area contributed by atoms with Crippen molar-refractivity contribution in [2.75, 3.05) is 5.32 Å². The van der Waals surface area contributed by atoms with Crippen LogP contribution in [0.15, 0.2) is 12.4 Å². The van der Waals surface area contributed by atoms with Crippen molar-refractivity contribution in [1.82, 2.24) is 14.8 Å². The maximum atomic E-state index is 11.5.